The van der Waals surface area contributed by atoms with Crippen molar-refractivity contribution in [1.29, 1.82) is 0 Å². The van der Waals surface area contributed by atoms with E-state index < -0.39 is 15.4 Å². The maximum atomic E-state index is 13.0. The van der Waals surface area contributed by atoms with Gasteiger partial charge in [-0.15, -0.1) is 0 Å². The largest absolute Gasteiger partial charge is 0.466 e. The van der Waals surface area contributed by atoms with Crippen LogP contribution in [0.15, 0.2) is 30.3 Å². The second kappa shape index (κ2) is 6.09. The lowest BCUT2D eigenvalue weighted by molar-refractivity contribution is -0.157. The van der Waals surface area contributed by atoms with E-state index in [0.29, 0.717) is 19.4 Å². The van der Waals surface area contributed by atoms with Crippen molar-refractivity contribution >= 4 is 16.0 Å². The standard InChI is InChI=1S/C19H25NO4S/c1-2-24-18(21)19(12-14-6-4-3-5-7-14)13-15-8-11-17(19)20(15)25(22,23)16-9-10-16/h3-7,15-17H,2,8-13H2,1H3/t15-,17+,19+/m1/s1. The molecule has 1 aromatic carbocycles. The molecule has 0 unspecified atom stereocenters. The van der Waals surface area contributed by atoms with E-state index in [1.165, 1.54) is 0 Å². The highest BCUT2D eigenvalue weighted by atomic mass is 32.2. The molecule has 5 nitrogen and oxygen atoms in total. The zero-order chi connectivity index (χ0) is 17.7. The van der Waals surface area contributed by atoms with Gasteiger partial charge in [0.2, 0.25) is 10.0 Å². The minimum absolute atomic E-state index is 0.0521. The number of sulfonamides is 1. The van der Waals surface area contributed by atoms with Crippen LogP contribution in [-0.4, -0.2) is 42.6 Å². The van der Waals surface area contributed by atoms with Crippen LogP contribution >= 0.6 is 0 Å². The Morgan fingerprint density at radius 2 is 1.92 bits per heavy atom. The van der Waals surface area contributed by atoms with E-state index in [2.05, 4.69) is 0 Å². The molecule has 1 saturated carbocycles. The van der Waals surface area contributed by atoms with Crippen molar-refractivity contribution in [3.63, 3.8) is 0 Å². The van der Waals surface area contributed by atoms with Gasteiger partial charge in [0.05, 0.1) is 17.3 Å². The van der Waals surface area contributed by atoms with Crippen LogP contribution in [0, 0.1) is 5.41 Å². The molecule has 3 aliphatic rings. The molecule has 2 heterocycles. The Labute approximate surface area is 149 Å². The summed E-state index contributed by atoms with van der Waals surface area (Å²) >= 11 is 0. The highest BCUT2D eigenvalue weighted by Crippen LogP contribution is 2.55. The molecule has 2 saturated heterocycles. The van der Waals surface area contributed by atoms with Crippen molar-refractivity contribution in [1.82, 2.24) is 4.31 Å². The molecule has 0 spiro atoms. The van der Waals surface area contributed by atoms with Gasteiger partial charge in [0.25, 0.3) is 0 Å². The van der Waals surface area contributed by atoms with E-state index >= 15 is 0 Å². The molecule has 1 aliphatic carbocycles. The summed E-state index contributed by atoms with van der Waals surface area (Å²) in [6.45, 7) is 2.13. The van der Waals surface area contributed by atoms with Crippen LogP contribution in [0.4, 0.5) is 0 Å². The molecule has 1 aromatic rings. The third-order valence-corrected chi connectivity index (χ3v) is 8.42. The molecular weight excluding hydrogens is 338 g/mol. The summed E-state index contributed by atoms with van der Waals surface area (Å²) in [6.07, 6.45) is 4.24. The first kappa shape index (κ1) is 17.0. The Morgan fingerprint density at radius 1 is 1.20 bits per heavy atom. The van der Waals surface area contributed by atoms with Crippen LogP contribution in [0.2, 0.25) is 0 Å². The lowest BCUT2D eigenvalue weighted by Crippen LogP contribution is -2.48. The van der Waals surface area contributed by atoms with Gasteiger partial charge < -0.3 is 4.74 Å². The Hall–Kier alpha value is -1.40. The minimum Gasteiger partial charge on any atom is -0.466 e. The lowest BCUT2D eigenvalue weighted by atomic mass is 9.70. The first-order chi connectivity index (χ1) is 12.0. The van der Waals surface area contributed by atoms with Gasteiger partial charge in [-0.25, -0.2) is 8.42 Å². The summed E-state index contributed by atoms with van der Waals surface area (Å²) in [7, 11) is -3.29. The average molecular weight is 363 g/mol. The molecule has 0 aromatic heterocycles. The summed E-state index contributed by atoms with van der Waals surface area (Å²) in [5.41, 5.74) is 0.314. The van der Waals surface area contributed by atoms with E-state index in [-0.39, 0.29) is 23.3 Å². The van der Waals surface area contributed by atoms with Crippen LogP contribution in [0.25, 0.3) is 0 Å². The summed E-state index contributed by atoms with van der Waals surface area (Å²) in [5, 5.41) is -0.231. The average Bonchev–Trinajstić information content (AvgIpc) is 3.31. The smallest absolute Gasteiger partial charge is 0.314 e. The minimum atomic E-state index is -3.29. The maximum absolute atomic E-state index is 13.0. The third-order valence-electron chi connectivity index (χ3n) is 5.96. The molecule has 6 heteroatoms. The number of ether oxygens (including phenoxy) is 1. The topological polar surface area (TPSA) is 63.7 Å². The number of hydrogen-bond donors (Lipinski definition) is 0. The van der Waals surface area contributed by atoms with E-state index in [1.54, 1.807) is 11.2 Å². The zero-order valence-corrected chi connectivity index (χ0v) is 15.4. The fourth-order valence-corrected chi connectivity index (χ4v) is 7.10. The first-order valence-electron chi connectivity index (χ1n) is 9.22. The Balaban J connectivity index is 1.71. The van der Waals surface area contributed by atoms with Gasteiger partial charge >= 0.3 is 5.97 Å². The monoisotopic (exact) mass is 363 g/mol. The zero-order valence-electron chi connectivity index (χ0n) is 14.6. The first-order valence-corrected chi connectivity index (χ1v) is 10.7. The number of carbonyl (C=O) groups excluding carboxylic acids is 1. The molecule has 0 radical (unpaired) electrons. The predicted molar refractivity (Wildman–Crippen MR) is 94.4 cm³/mol. The SMILES string of the molecule is CCOC(=O)[C@@]1(Cc2ccccc2)C[C@H]2CC[C@@H]1N2S(=O)(=O)C1CC1. The fourth-order valence-electron chi connectivity index (χ4n) is 4.77. The predicted octanol–water partition coefficient (Wildman–Crippen LogP) is 2.51. The van der Waals surface area contributed by atoms with E-state index in [9.17, 15) is 13.2 Å². The molecule has 0 N–H and O–H groups in total. The normalized spacial score (nSPS) is 32.0. The van der Waals surface area contributed by atoms with Gasteiger partial charge in [-0.05, 0) is 51.0 Å². The van der Waals surface area contributed by atoms with Crippen LogP contribution in [0.1, 0.15) is 44.6 Å². The van der Waals surface area contributed by atoms with Gasteiger partial charge in [-0.2, -0.15) is 4.31 Å². The van der Waals surface area contributed by atoms with Gasteiger partial charge in [-0.1, -0.05) is 30.3 Å². The number of benzene rings is 1. The lowest BCUT2D eigenvalue weighted by Gasteiger charge is -2.35. The quantitative estimate of drug-likeness (QED) is 0.729. The molecule has 3 fully saturated rings. The van der Waals surface area contributed by atoms with Crippen molar-refractivity contribution in [2.45, 2.75) is 62.8 Å². The van der Waals surface area contributed by atoms with E-state index in [1.807, 2.05) is 30.3 Å². The van der Waals surface area contributed by atoms with Gasteiger partial charge in [0.15, 0.2) is 0 Å². The Bertz CT molecular complexity index is 759. The molecule has 25 heavy (non-hydrogen) atoms. The maximum Gasteiger partial charge on any atom is 0.314 e. The van der Waals surface area contributed by atoms with Crippen LogP contribution < -0.4 is 0 Å². The van der Waals surface area contributed by atoms with Crippen molar-refractivity contribution < 1.29 is 17.9 Å². The van der Waals surface area contributed by atoms with Crippen molar-refractivity contribution in [3.05, 3.63) is 35.9 Å². The molecule has 4 rings (SSSR count). The second-order valence-electron chi connectivity index (χ2n) is 7.56. The Kier molecular flexibility index (Phi) is 4.15. The van der Waals surface area contributed by atoms with Crippen molar-refractivity contribution in [2.24, 2.45) is 5.41 Å². The van der Waals surface area contributed by atoms with Crippen LogP contribution in [-0.2, 0) is 26.0 Å². The highest BCUT2D eigenvalue weighted by Gasteiger charge is 2.65. The molecular formula is C19H25NO4S. The fraction of sp³-hybridized carbons (Fsp3) is 0.632. The number of nitrogens with zero attached hydrogens (tertiary/aromatic N) is 1. The molecule has 3 atom stereocenters. The molecule has 2 aliphatic heterocycles. The Morgan fingerprint density at radius 3 is 2.56 bits per heavy atom. The van der Waals surface area contributed by atoms with Crippen LogP contribution in [0.5, 0.6) is 0 Å². The summed E-state index contributed by atoms with van der Waals surface area (Å²) < 4.78 is 33.0. The number of rotatable bonds is 6. The summed E-state index contributed by atoms with van der Waals surface area (Å²) in [6, 6.07) is 9.57. The molecule has 0 amide bonds. The molecule has 136 valence electrons. The summed E-state index contributed by atoms with van der Waals surface area (Å²) in [4.78, 5) is 13.0. The third kappa shape index (κ3) is 2.70. The van der Waals surface area contributed by atoms with Gasteiger partial charge in [0.1, 0.15) is 0 Å². The van der Waals surface area contributed by atoms with Crippen molar-refractivity contribution in [3.8, 4) is 0 Å². The molecule has 2 bridgehead atoms. The number of fused-ring (bicyclic) bond motifs is 2. The van der Waals surface area contributed by atoms with Crippen molar-refractivity contribution in [2.75, 3.05) is 6.61 Å². The van der Waals surface area contributed by atoms with Gasteiger partial charge in [-0.3, -0.25) is 4.79 Å². The second-order valence-corrected chi connectivity index (χ2v) is 9.68. The van der Waals surface area contributed by atoms with Gasteiger partial charge in [0, 0.05) is 12.1 Å². The van der Waals surface area contributed by atoms with Crippen LogP contribution in [0.3, 0.4) is 0 Å². The van der Waals surface area contributed by atoms with E-state index in [4.69, 9.17) is 4.74 Å². The van der Waals surface area contributed by atoms with E-state index in [0.717, 1.165) is 31.2 Å². The number of carbonyl (C=O) groups is 1. The summed E-state index contributed by atoms with van der Waals surface area (Å²) in [5.74, 6) is -0.234. The number of esters is 1. The highest BCUT2D eigenvalue weighted by molar-refractivity contribution is 7.90. The number of hydrogen-bond acceptors (Lipinski definition) is 4.